The van der Waals surface area contributed by atoms with Gasteiger partial charge in [0.15, 0.2) is 0 Å². The normalized spacial score (nSPS) is 18.2. The lowest BCUT2D eigenvalue weighted by Gasteiger charge is -2.26. The van der Waals surface area contributed by atoms with Crippen molar-refractivity contribution in [3.8, 4) is 5.75 Å². The van der Waals surface area contributed by atoms with Gasteiger partial charge in [0.1, 0.15) is 11.5 Å². The van der Waals surface area contributed by atoms with Crippen LogP contribution in [0.15, 0.2) is 45.5 Å². The molecule has 2 heterocycles. The van der Waals surface area contributed by atoms with Crippen molar-refractivity contribution in [1.82, 2.24) is 5.32 Å². The van der Waals surface area contributed by atoms with Gasteiger partial charge in [-0.3, -0.25) is 0 Å². The summed E-state index contributed by atoms with van der Waals surface area (Å²) in [4.78, 5) is 0. The Hall–Kier alpha value is -1.26. The largest absolute Gasteiger partial charge is 0.493 e. The van der Waals surface area contributed by atoms with Crippen molar-refractivity contribution >= 4 is 15.9 Å². The number of hydrogen-bond donors (Lipinski definition) is 1. The third kappa shape index (κ3) is 2.44. The van der Waals surface area contributed by atoms with Crippen molar-refractivity contribution in [3.05, 3.63) is 52.4 Å². The van der Waals surface area contributed by atoms with E-state index in [1.165, 1.54) is 5.56 Å². The summed E-state index contributed by atoms with van der Waals surface area (Å²) in [6.07, 6.45) is 2.68. The van der Waals surface area contributed by atoms with Crippen LogP contribution in [-0.4, -0.2) is 6.61 Å². The van der Waals surface area contributed by atoms with Gasteiger partial charge >= 0.3 is 0 Å². The van der Waals surface area contributed by atoms with Crippen molar-refractivity contribution in [1.29, 1.82) is 0 Å². The summed E-state index contributed by atoms with van der Waals surface area (Å²) in [5.74, 6) is 1.93. The Morgan fingerprint density at radius 1 is 1.33 bits per heavy atom. The molecule has 0 aliphatic carbocycles. The van der Waals surface area contributed by atoms with Gasteiger partial charge in [-0.05, 0) is 30.3 Å². The summed E-state index contributed by atoms with van der Waals surface area (Å²) >= 11 is 3.51. The SMILES string of the molecule is Brc1ccc2c(c1)C(NCc1ccco1)CCO2. The maximum absolute atomic E-state index is 5.66. The first-order chi connectivity index (χ1) is 8.83. The van der Waals surface area contributed by atoms with E-state index in [1.54, 1.807) is 6.26 Å². The van der Waals surface area contributed by atoms with E-state index in [0.717, 1.165) is 35.6 Å². The number of ether oxygens (including phenoxy) is 1. The fourth-order valence-electron chi connectivity index (χ4n) is 2.21. The second-order valence-corrected chi connectivity index (χ2v) is 5.25. The number of fused-ring (bicyclic) bond motifs is 1. The number of benzene rings is 1. The van der Waals surface area contributed by atoms with E-state index in [2.05, 4.69) is 27.3 Å². The molecule has 1 aliphatic rings. The molecule has 1 aromatic carbocycles. The van der Waals surface area contributed by atoms with E-state index >= 15 is 0 Å². The topological polar surface area (TPSA) is 34.4 Å². The van der Waals surface area contributed by atoms with E-state index < -0.39 is 0 Å². The Kier molecular flexibility index (Phi) is 3.39. The molecule has 2 aromatic rings. The first-order valence-electron chi connectivity index (χ1n) is 6.01. The third-order valence-electron chi connectivity index (χ3n) is 3.11. The maximum Gasteiger partial charge on any atom is 0.124 e. The number of hydrogen-bond acceptors (Lipinski definition) is 3. The highest BCUT2D eigenvalue weighted by molar-refractivity contribution is 9.10. The molecule has 0 bridgehead atoms. The molecule has 3 nitrogen and oxygen atoms in total. The second-order valence-electron chi connectivity index (χ2n) is 4.33. The van der Waals surface area contributed by atoms with Gasteiger partial charge in [-0.25, -0.2) is 0 Å². The van der Waals surface area contributed by atoms with Crippen LogP contribution in [0, 0.1) is 0 Å². The smallest absolute Gasteiger partial charge is 0.124 e. The quantitative estimate of drug-likeness (QED) is 0.940. The molecular weight excluding hydrogens is 294 g/mol. The van der Waals surface area contributed by atoms with Crippen LogP contribution in [0.1, 0.15) is 23.8 Å². The van der Waals surface area contributed by atoms with Crippen LogP contribution >= 0.6 is 15.9 Å². The van der Waals surface area contributed by atoms with Crippen molar-refractivity contribution in [2.75, 3.05) is 6.61 Å². The van der Waals surface area contributed by atoms with Crippen LogP contribution < -0.4 is 10.1 Å². The number of rotatable bonds is 3. The van der Waals surface area contributed by atoms with Crippen molar-refractivity contribution in [2.45, 2.75) is 19.0 Å². The summed E-state index contributed by atoms with van der Waals surface area (Å²) in [6, 6.07) is 10.3. The molecule has 0 fully saturated rings. The summed E-state index contributed by atoms with van der Waals surface area (Å²) in [5, 5.41) is 3.51. The molecule has 1 atom stereocenters. The molecule has 0 amide bonds. The number of nitrogens with one attached hydrogen (secondary N) is 1. The van der Waals surface area contributed by atoms with E-state index in [-0.39, 0.29) is 0 Å². The van der Waals surface area contributed by atoms with Crippen LogP contribution in [0.3, 0.4) is 0 Å². The fraction of sp³-hybridized carbons (Fsp3) is 0.286. The Labute approximate surface area is 114 Å². The van der Waals surface area contributed by atoms with Crippen molar-refractivity contribution < 1.29 is 9.15 Å². The molecule has 1 unspecified atom stereocenters. The van der Waals surface area contributed by atoms with Crippen molar-refractivity contribution in [2.24, 2.45) is 0 Å². The standard InChI is InChI=1S/C14H14BrNO2/c15-10-3-4-14-12(8-10)13(5-7-18-14)16-9-11-2-1-6-17-11/h1-4,6,8,13,16H,5,7,9H2. The lowest BCUT2D eigenvalue weighted by Crippen LogP contribution is -2.26. The van der Waals surface area contributed by atoms with Crippen LogP contribution in [0.2, 0.25) is 0 Å². The molecule has 1 aliphatic heterocycles. The van der Waals surface area contributed by atoms with Gasteiger partial charge < -0.3 is 14.5 Å². The van der Waals surface area contributed by atoms with Gasteiger partial charge in [0, 0.05) is 22.5 Å². The zero-order chi connectivity index (χ0) is 12.4. The minimum atomic E-state index is 0.316. The molecule has 4 heteroatoms. The molecule has 1 aromatic heterocycles. The summed E-state index contributed by atoms with van der Waals surface area (Å²) in [7, 11) is 0. The first-order valence-corrected chi connectivity index (χ1v) is 6.80. The van der Waals surface area contributed by atoms with E-state index in [0.29, 0.717) is 6.04 Å². The molecule has 0 spiro atoms. The Morgan fingerprint density at radius 2 is 2.28 bits per heavy atom. The van der Waals surface area contributed by atoms with E-state index in [4.69, 9.17) is 9.15 Å². The van der Waals surface area contributed by atoms with Gasteiger partial charge in [-0.15, -0.1) is 0 Å². The van der Waals surface area contributed by atoms with Crippen molar-refractivity contribution in [3.63, 3.8) is 0 Å². The molecule has 0 saturated heterocycles. The minimum absolute atomic E-state index is 0.316. The molecule has 94 valence electrons. The van der Waals surface area contributed by atoms with Gasteiger partial charge in [0.05, 0.1) is 19.4 Å². The zero-order valence-electron chi connectivity index (χ0n) is 9.86. The Balaban J connectivity index is 1.76. The predicted molar refractivity (Wildman–Crippen MR) is 72.5 cm³/mol. The van der Waals surface area contributed by atoms with Crippen LogP contribution in [0.25, 0.3) is 0 Å². The lowest BCUT2D eigenvalue weighted by molar-refractivity contribution is 0.250. The monoisotopic (exact) mass is 307 g/mol. The summed E-state index contributed by atoms with van der Waals surface area (Å²) in [6.45, 7) is 1.49. The van der Waals surface area contributed by atoms with E-state index in [1.807, 2.05) is 24.3 Å². The van der Waals surface area contributed by atoms with E-state index in [9.17, 15) is 0 Å². The highest BCUT2D eigenvalue weighted by Crippen LogP contribution is 2.34. The molecule has 0 saturated carbocycles. The van der Waals surface area contributed by atoms with Gasteiger partial charge in [0.2, 0.25) is 0 Å². The Bertz CT molecular complexity index is 525. The predicted octanol–water partition coefficient (Wildman–Crippen LogP) is 3.66. The first kappa shape index (κ1) is 11.8. The van der Waals surface area contributed by atoms with Crippen LogP contribution in [0.4, 0.5) is 0 Å². The average molecular weight is 308 g/mol. The minimum Gasteiger partial charge on any atom is -0.493 e. The molecular formula is C14H14BrNO2. The van der Waals surface area contributed by atoms with Crippen LogP contribution in [0.5, 0.6) is 5.75 Å². The number of halogens is 1. The second kappa shape index (κ2) is 5.16. The lowest BCUT2D eigenvalue weighted by atomic mass is 10.0. The molecule has 18 heavy (non-hydrogen) atoms. The van der Waals surface area contributed by atoms with Gasteiger partial charge in [-0.1, -0.05) is 15.9 Å². The van der Waals surface area contributed by atoms with Gasteiger partial charge in [0.25, 0.3) is 0 Å². The summed E-state index contributed by atoms with van der Waals surface area (Å²) in [5.41, 5.74) is 1.21. The van der Waals surface area contributed by atoms with Gasteiger partial charge in [-0.2, -0.15) is 0 Å². The highest BCUT2D eigenvalue weighted by Gasteiger charge is 2.21. The summed E-state index contributed by atoms with van der Waals surface area (Å²) < 4.78 is 12.1. The Morgan fingerprint density at radius 3 is 3.11 bits per heavy atom. The van der Waals surface area contributed by atoms with Crippen LogP contribution in [-0.2, 0) is 6.54 Å². The maximum atomic E-state index is 5.66. The number of furan rings is 1. The third-order valence-corrected chi connectivity index (χ3v) is 3.61. The average Bonchev–Trinajstić information content (AvgIpc) is 2.89. The fourth-order valence-corrected chi connectivity index (χ4v) is 2.59. The molecule has 1 N–H and O–H groups in total. The zero-order valence-corrected chi connectivity index (χ0v) is 11.4. The molecule has 0 radical (unpaired) electrons. The molecule has 3 rings (SSSR count). The highest BCUT2D eigenvalue weighted by atomic mass is 79.9.